The number of carboxylic acids is 1. The third-order valence-corrected chi connectivity index (χ3v) is 4.06. The minimum absolute atomic E-state index is 0.0626. The third kappa shape index (κ3) is 4.73. The zero-order valence-corrected chi connectivity index (χ0v) is 12.2. The van der Waals surface area contributed by atoms with Gasteiger partial charge >= 0.3 is 12.0 Å². The number of aliphatic carboxylic acids is 1. The molecule has 0 aromatic rings. The van der Waals surface area contributed by atoms with Crippen molar-refractivity contribution in [2.24, 2.45) is 11.8 Å². The summed E-state index contributed by atoms with van der Waals surface area (Å²) in [5, 5.41) is 11.9. The molecule has 110 valence electrons. The minimum Gasteiger partial charge on any atom is -0.480 e. The fraction of sp³-hybridized carbons (Fsp3) is 0.857. The second-order valence-corrected chi connectivity index (χ2v) is 5.67. The van der Waals surface area contributed by atoms with Crippen molar-refractivity contribution in [3.63, 3.8) is 0 Å². The first-order chi connectivity index (χ1) is 8.95. The first-order valence-corrected chi connectivity index (χ1v) is 7.24. The van der Waals surface area contributed by atoms with E-state index in [2.05, 4.69) is 12.2 Å². The summed E-state index contributed by atoms with van der Waals surface area (Å²) >= 11 is 0. The lowest BCUT2D eigenvalue weighted by Gasteiger charge is -2.26. The maximum Gasteiger partial charge on any atom is 0.326 e. The molecule has 1 fully saturated rings. The molecule has 3 atom stereocenters. The minimum atomic E-state index is -0.953. The van der Waals surface area contributed by atoms with Crippen LogP contribution in [-0.4, -0.2) is 41.1 Å². The lowest BCUT2D eigenvalue weighted by atomic mass is 9.99. The van der Waals surface area contributed by atoms with Gasteiger partial charge in [0.1, 0.15) is 6.04 Å². The summed E-state index contributed by atoms with van der Waals surface area (Å²) in [4.78, 5) is 25.1. The van der Waals surface area contributed by atoms with E-state index in [0.29, 0.717) is 5.92 Å². The molecule has 1 rings (SSSR count). The highest BCUT2D eigenvalue weighted by molar-refractivity contribution is 5.82. The highest BCUT2D eigenvalue weighted by Gasteiger charge is 2.28. The Labute approximate surface area is 115 Å². The van der Waals surface area contributed by atoms with E-state index >= 15 is 0 Å². The first-order valence-electron chi connectivity index (χ1n) is 7.24. The predicted molar refractivity (Wildman–Crippen MR) is 74.0 cm³/mol. The highest BCUT2D eigenvalue weighted by Crippen LogP contribution is 2.17. The number of likely N-dealkylation sites (tertiary alicyclic amines) is 1. The van der Waals surface area contributed by atoms with Crippen molar-refractivity contribution in [1.29, 1.82) is 0 Å². The van der Waals surface area contributed by atoms with Crippen molar-refractivity contribution in [1.82, 2.24) is 10.2 Å². The monoisotopic (exact) mass is 270 g/mol. The Morgan fingerprint density at radius 3 is 2.63 bits per heavy atom. The van der Waals surface area contributed by atoms with Gasteiger partial charge in [0.2, 0.25) is 0 Å². The molecule has 1 saturated heterocycles. The van der Waals surface area contributed by atoms with Crippen LogP contribution >= 0.6 is 0 Å². The van der Waals surface area contributed by atoms with Crippen molar-refractivity contribution >= 4 is 12.0 Å². The molecule has 5 heteroatoms. The summed E-state index contributed by atoms with van der Waals surface area (Å²) in [7, 11) is 0. The van der Waals surface area contributed by atoms with Gasteiger partial charge in [0.25, 0.3) is 0 Å². The van der Waals surface area contributed by atoms with Crippen molar-refractivity contribution in [3.05, 3.63) is 0 Å². The fourth-order valence-corrected chi connectivity index (χ4v) is 2.37. The van der Waals surface area contributed by atoms with Crippen LogP contribution in [0.1, 0.15) is 46.5 Å². The molecular weight excluding hydrogens is 244 g/mol. The standard InChI is InChI=1S/C14H26N2O3/c1-4-11(3)12(13(17)18)15-14(19)16-8-5-6-10(2)7-9-16/h10-12H,4-9H2,1-3H3,(H,15,19)(H,17,18)/t10?,11-,12-/m1/s1. The molecule has 0 aromatic carbocycles. The molecule has 0 saturated carbocycles. The van der Waals surface area contributed by atoms with Gasteiger partial charge in [0.15, 0.2) is 0 Å². The molecule has 19 heavy (non-hydrogen) atoms. The van der Waals surface area contributed by atoms with E-state index in [1.807, 2.05) is 13.8 Å². The Hall–Kier alpha value is -1.26. The van der Waals surface area contributed by atoms with E-state index in [1.165, 1.54) is 0 Å². The van der Waals surface area contributed by atoms with Gasteiger partial charge < -0.3 is 15.3 Å². The van der Waals surface area contributed by atoms with Gasteiger partial charge in [-0.2, -0.15) is 0 Å². The van der Waals surface area contributed by atoms with Crippen LogP contribution in [0.3, 0.4) is 0 Å². The molecule has 2 amide bonds. The Bertz CT molecular complexity index is 320. The molecule has 0 aliphatic carbocycles. The molecule has 1 unspecified atom stereocenters. The highest BCUT2D eigenvalue weighted by atomic mass is 16.4. The molecule has 1 aliphatic heterocycles. The molecule has 1 heterocycles. The summed E-state index contributed by atoms with van der Waals surface area (Å²) in [6.07, 6.45) is 3.86. The summed E-state index contributed by atoms with van der Waals surface area (Å²) in [6.45, 7) is 7.42. The number of nitrogens with zero attached hydrogens (tertiary/aromatic N) is 1. The van der Waals surface area contributed by atoms with Gasteiger partial charge in [0.05, 0.1) is 0 Å². The van der Waals surface area contributed by atoms with Crippen molar-refractivity contribution in [3.8, 4) is 0 Å². The van der Waals surface area contributed by atoms with Crippen molar-refractivity contribution in [2.45, 2.75) is 52.5 Å². The summed E-state index contributed by atoms with van der Waals surface area (Å²) in [5.41, 5.74) is 0. The molecule has 0 aromatic heterocycles. The average Bonchev–Trinajstić information content (AvgIpc) is 2.59. The Morgan fingerprint density at radius 1 is 1.37 bits per heavy atom. The number of rotatable bonds is 4. The fourth-order valence-electron chi connectivity index (χ4n) is 2.37. The van der Waals surface area contributed by atoms with Gasteiger partial charge in [-0.1, -0.05) is 27.2 Å². The van der Waals surface area contributed by atoms with E-state index in [-0.39, 0.29) is 11.9 Å². The van der Waals surface area contributed by atoms with Gasteiger partial charge in [0, 0.05) is 13.1 Å². The second-order valence-electron chi connectivity index (χ2n) is 5.67. The number of hydrogen-bond donors (Lipinski definition) is 2. The zero-order chi connectivity index (χ0) is 14.4. The maximum absolute atomic E-state index is 12.1. The quantitative estimate of drug-likeness (QED) is 0.823. The van der Waals surface area contributed by atoms with E-state index in [4.69, 9.17) is 0 Å². The molecule has 1 aliphatic rings. The zero-order valence-electron chi connectivity index (χ0n) is 12.2. The predicted octanol–water partition coefficient (Wildman–Crippen LogP) is 2.32. The number of carboxylic acid groups (broad SMARTS) is 1. The number of hydrogen-bond acceptors (Lipinski definition) is 2. The molecule has 2 N–H and O–H groups in total. The largest absolute Gasteiger partial charge is 0.480 e. The molecule has 0 spiro atoms. The summed E-state index contributed by atoms with van der Waals surface area (Å²) in [5.74, 6) is -0.374. The molecule has 5 nitrogen and oxygen atoms in total. The van der Waals surface area contributed by atoms with Crippen LogP contribution in [0.5, 0.6) is 0 Å². The van der Waals surface area contributed by atoms with Crippen molar-refractivity contribution in [2.75, 3.05) is 13.1 Å². The van der Waals surface area contributed by atoms with Gasteiger partial charge in [-0.15, -0.1) is 0 Å². The van der Waals surface area contributed by atoms with Crippen LogP contribution in [0.15, 0.2) is 0 Å². The van der Waals surface area contributed by atoms with E-state index in [0.717, 1.165) is 38.8 Å². The van der Waals surface area contributed by atoms with E-state index in [1.54, 1.807) is 4.90 Å². The SMILES string of the molecule is CC[C@@H](C)[C@@H](NC(=O)N1CCCC(C)CC1)C(=O)O. The Morgan fingerprint density at radius 2 is 2.05 bits per heavy atom. The third-order valence-electron chi connectivity index (χ3n) is 4.06. The molecule has 0 bridgehead atoms. The number of urea groups is 1. The normalized spacial score (nSPS) is 23.3. The average molecular weight is 270 g/mol. The van der Waals surface area contributed by atoms with Gasteiger partial charge in [-0.25, -0.2) is 9.59 Å². The Kier molecular flexibility index (Phi) is 6.12. The second kappa shape index (κ2) is 7.36. The Balaban J connectivity index is 2.58. The number of carbonyl (C=O) groups is 2. The van der Waals surface area contributed by atoms with E-state index in [9.17, 15) is 14.7 Å². The molecular formula is C14H26N2O3. The van der Waals surface area contributed by atoms with Gasteiger partial charge in [-0.3, -0.25) is 0 Å². The van der Waals surface area contributed by atoms with Crippen LogP contribution in [0, 0.1) is 11.8 Å². The van der Waals surface area contributed by atoms with Crippen molar-refractivity contribution < 1.29 is 14.7 Å². The number of amides is 2. The van der Waals surface area contributed by atoms with Crippen LogP contribution in [0.25, 0.3) is 0 Å². The van der Waals surface area contributed by atoms with Crippen LogP contribution in [0.4, 0.5) is 4.79 Å². The van der Waals surface area contributed by atoms with Crippen LogP contribution in [-0.2, 0) is 4.79 Å². The first kappa shape index (κ1) is 15.8. The van der Waals surface area contributed by atoms with Gasteiger partial charge in [-0.05, 0) is 31.1 Å². The molecule has 0 radical (unpaired) electrons. The maximum atomic E-state index is 12.1. The summed E-state index contributed by atoms with van der Waals surface area (Å²) in [6, 6.07) is -1.03. The topological polar surface area (TPSA) is 69.6 Å². The van der Waals surface area contributed by atoms with Crippen LogP contribution < -0.4 is 5.32 Å². The number of carbonyl (C=O) groups excluding carboxylic acids is 1. The van der Waals surface area contributed by atoms with E-state index < -0.39 is 12.0 Å². The summed E-state index contributed by atoms with van der Waals surface area (Å²) < 4.78 is 0. The lowest BCUT2D eigenvalue weighted by molar-refractivity contribution is -0.140. The van der Waals surface area contributed by atoms with Crippen LogP contribution in [0.2, 0.25) is 0 Å². The number of nitrogens with one attached hydrogen (secondary N) is 1. The smallest absolute Gasteiger partial charge is 0.326 e. The lowest BCUT2D eigenvalue weighted by Crippen LogP contribution is -2.50.